The molecule has 9 nitrogen and oxygen atoms in total. The Hall–Kier alpha value is -4.23. The molecule has 1 atom stereocenters. The predicted octanol–water partition coefficient (Wildman–Crippen LogP) is 4.94. The third-order valence-electron chi connectivity index (χ3n) is 7.38. The van der Waals surface area contributed by atoms with Crippen molar-refractivity contribution in [1.29, 1.82) is 0 Å². The summed E-state index contributed by atoms with van der Waals surface area (Å²) in [6.07, 6.45) is 2.41. The minimum Gasteiger partial charge on any atom is -0.494 e. The van der Waals surface area contributed by atoms with Crippen molar-refractivity contribution in [1.82, 2.24) is 15.3 Å². The van der Waals surface area contributed by atoms with Crippen LogP contribution in [0.5, 0.6) is 11.5 Å². The second-order valence-electron chi connectivity index (χ2n) is 10.5. The molecular weight excluding hydrogens is 645 g/mol. The number of carbonyl (C=O) groups excluding carboxylic acids is 2. The van der Waals surface area contributed by atoms with Gasteiger partial charge >= 0.3 is 0 Å². The van der Waals surface area contributed by atoms with Gasteiger partial charge in [0, 0.05) is 38.8 Å². The van der Waals surface area contributed by atoms with Crippen LogP contribution in [0.3, 0.4) is 0 Å². The summed E-state index contributed by atoms with van der Waals surface area (Å²) < 4.78 is 55.0. The number of benzene rings is 2. The fourth-order valence-electron chi connectivity index (χ4n) is 5.12. The van der Waals surface area contributed by atoms with Gasteiger partial charge in [-0.25, -0.2) is 18.2 Å². The van der Waals surface area contributed by atoms with Crippen molar-refractivity contribution < 1.29 is 37.3 Å². The molecule has 1 saturated carbocycles. The third kappa shape index (κ3) is 6.20. The number of methoxy groups -OCH3 is 1. The first-order valence-corrected chi connectivity index (χ1v) is 14.5. The molecule has 2 heterocycles. The molecule has 0 radical (unpaired) electrons. The van der Waals surface area contributed by atoms with Crippen molar-refractivity contribution >= 4 is 38.6 Å². The Morgan fingerprint density at radius 1 is 1.11 bits per heavy atom. The minimum atomic E-state index is -1.79. The van der Waals surface area contributed by atoms with Gasteiger partial charge in [-0.2, -0.15) is 0 Å². The summed E-state index contributed by atoms with van der Waals surface area (Å²) in [6, 6.07) is 7.35. The van der Waals surface area contributed by atoms with Gasteiger partial charge < -0.3 is 25.6 Å². The molecular formula is C31H28BrF3N4O5. The molecule has 0 unspecified atom stereocenters. The molecule has 44 heavy (non-hydrogen) atoms. The number of primary amides is 1. The first-order chi connectivity index (χ1) is 20.9. The van der Waals surface area contributed by atoms with E-state index in [4.69, 9.17) is 15.2 Å². The SMILES string of the molecule is CCOc1c(CC(N)=O)cc([C@@](O)(CNC(=O)c2cc(OC)c3ncc(Br)cc3c2)C2CC2)nc1-c1cc(F)c(F)cc1F. The number of carbonyl (C=O) groups is 2. The molecule has 2 aromatic heterocycles. The van der Waals surface area contributed by atoms with E-state index >= 15 is 4.39 Å². The minimum absolute atomic E-state index is 0.0247. The Bertz CT molecular complexity index is 1790. The fourth-order valence-corrected chi connectivity index (χ4v) is 5.47. The van der Waals surface area contributed by atoms with Gasteiger partial charge in [0.2, 0.25) is 5.91 Å². The second-order valence-corrected chi connectivity index (χ2v) is 11.4. The molecule has 230 valence electrons. The zero-order valence-corrected chi connectivity index (χ0v) is 25.3. The highest BCUT2D eigenvalue weighted by Gasteiger charge is 2.47. The van der Waals surface area contributed by atoms with Gasteiger partial charge in [0.15, 0.2) is 11.6 Å². The van der Waals surface area contributed by atoms with E-state index in [9.17, 15) is 23.5 Å². The van der Waals surface area contributed by atoms with Crippen LogP contribution >= 0.6 is 15.9 Å². The summed E-state index contributed by atoms with van der Waals surface area (Å²) in [7, 11) is 1.46. The number of hydrogen-bond donors (Lipinski definition) is 3. The van der Waals surface area contributed by atoms with E-state index in [2.05, 4.69) is 31.2 Å². The number of nitrogens with two attached hydrogens (primary N) is 1. The van der Waals surface area contributed by atoms with Crippen molar-refractivity contribution in [3.63, 3.8) is 0 Å². The Morgan fingerprint density at radius 2 is 1.84 bits per heavy atom. The quantitative estimate of drug-likeness (QED) is 0.192. The monoisotopic (exact) mass is 672 g/mol. The zero-order valence-electron chi connectivity index (χ0n) is 23.7. The number of fused-ring (bicyclic) bond motifs is 1. The van der Waals surface area contributed by atoms with E-state index in [0.29, 0.717) is 46.1 Å². The largest absolute Gasteiger partial charge is 0.494 e. The summed E-state index contributed by atoms with van der Waals surface area (Å²) in [5.74, 6) is -5.19. The van der Waals surface area contributed by atoms with E-state index in [0.717, 1.165) is 0 Å². The van der Waals surface area contributed by atoms with E-state index in [-0.39, 0.29) is 53.8 Å². The second kappa shape index (κ2) is 12.4. The molecule has 1 aliphatic rings. The van der Waals surface area contributed by atoms with Gasteiger partial charge in [-0.3, -0.25) is 14.6 Å². The van der Waals surface area contributed by atoms with E-state index < -0.39 is 40.4 Å². The predicted molar refractivity (Wildman–Crippen MR) is 159 cm³/mol. The van der Waals surface area contributed by atoms with Crippen LogP contribution in [0.25, 0.3) is 22.2 Å². The van der Waals surface area contributed by atoms with Crippen molar-refractivity contribution in [2.75, 3.05) is 20.3 Å². The fraction of sp³-hybridized carbons (Fsp3) is 0.290. The molecule has 2 aromatic carbocycles. The molecule has 4 N–H and O–H groups in total. The summed E-state index contributed by atoms with van der Waals surface area (Å²) in [6.45, 7) is 1.39. The lowest BCUT2D eigenvalue weighted by Gasteiger charge is -2.30. The number of pyridine rings is 2. The third-order valence-corrected chi connectivity index (χ3v) is 7.81. The van der Waals surface area contributed by atoms with E-state index in [1.54, 1.807) is 25.3 Å². The highest BCUT2D eigenvalue weighted by atomic mass is 79.9. The number of amides is 2. The molecule has 0 saturated heterocycles. The average molecular weight is 673 g/mol. The first kappa shape index (κ1) is 31.2. The van der Waals surface area contributed by atoms with Crippen LogP contribution in [0.4, 0.5) is 13.2 Å². The molecule has 0 spiro atoms. The summed E-state index contributed by atoms with van der Waals surface area (Å²) in [4.78, 5) is 34.2. The number of ether oxygens (including phenoxy) is 2. The Morgan fingerprint density at radius 3 is 2.50 bits per heavy atom. The lowest BCUT2D eigenvalue weighted by molar-refractivity contribution is -0.117. The van der Waals surface area contributed by atoms with Crippen LogP contribution in [0, 0.1) is 23.4 Å². The van der Waals surface area contributed by atoms with Crippen LogP contribution < -0.4 is 20.5 Å². The van der Waals surface area contributed by atoms with E-state index in [1.807, 2.05) is 0 Å². The lowest BCUT2D eigenvalue weighted by Crippen LogP contribution is -2.43. The van der Waals surface area contributed by atoms with Crippen LogP contribution in [-0.2, 0) is 16.8 Å². The average Bonchev–Trinajstić information content (AvgIpc) is 3.84. The Labute approximate surface area is 258 Å². The first-order valence-electron chi connectivity index (χ1n) is 13.7. The number of aliphatic hydroxyl groups is 1. The van der Waals surface area contributed by atoms with Gasteiger partial charge in [-0.15, -0.1) is 0 Å². The van der Waals surface area contributed by atoms with Crippen LogP contribution in [0.1, 0.15) is 41.4 Å². The zero-order chi connectivity index (χ0) is 31.8. The van der Waals surface area contributed by atoms with Gasteiger partial charge in [-0.05, 0) is 71.9 Å². The molecule has 1 aliphatic carbocycles. The summed E-state index contributed by atoms with van der Waals surface area (Å²) >= 11 is 3.37. The van der Waals surface area contributed by atoms with Gasteiger partial charge in [0.05, 0.1) is 32.4 Å². The normalized spacial score (nSPS) is 14.2. The molecule has 0 bridgehead atoms. The molecule has 4 aromatic rings. The van der Waals surface area contributed by atoms with Crippen molar-refractivity contribution in [3.8, 4) is 22.8 Å². The Balaban J connectivity index is 1.57. The number of aromatic nitrogens is 2. The van der Waals surface area contributed by atoms with E-state index in [1.165, 1.54) is 19.2 Å². The maximum absolute atomic E-state index is 15.0. The smallest absolute Gasteiger partial charge is 0.251 e. The summed E-state index contributed by atoms with van der Waals surface area (Å²) in [5, 5.41) is 15.4. The molecule has 0 aliphatic heterocycles. The maximum Gasteiger partial charge on any atom is 0.251 e. The standard InChI is InChI=1S/C31H28BrF3N4O5/c1-3-44-29-16(10-26(36)40)9-25(39-28(29)20-11-22(34)23(35)12-21(20)33)31(42,18-4-5-18)14-38-30(41)17-6-15-7-19(32)13-37-27(15)24(8-17)43-2/h6-9,11-13,18,42H,3-5,10,14H2,1-2H3,(H2,36,40)(H,38,41)/t31-/m1/s1. The number of hydrogen-bond acceptors (Lipinski definition) is 7. The highest BCUT2D eigenvalue weighted by Crippen LogP contribution is 2.47. The van der Waals surface area contributed by atoms with Gasteiger partial charge in [0.1, 0.15) is 34.1 Å². The highest BCUT2D eigenvalue weighted by molar-refractivity contribution is 9.10. The number of rotatable bonds is 11. The van der Waals surface area contributed by atoms with Crippen molar-refractivity contribution in [3.05, 3.63) is 81.3 Å². The number of halogens is 4. The number of nitrogens with one attached hydrogen (secondary N) is 1. The molecule has 2 amide bonds. The lowest BCUT2D eigenvalue weighted by atomic mass is 9.90. The summed E-state index contributed by atoms with van der Waals surface area (Å²) in [5.41, 5.74) is 3.93. The maximum atomic E-state index is 15.0. The van der Waals surface area contributed by atoms with Crippen LogP contribution in [0.2, 0.25) is 0 Å². The van der Waals surface area contributed by atoms with Crippen molar-refractivity contribution in [2.45, 2.75) is 31.8 Å². The molecule has 1 fully saturated rings. The Kier molecular flexibility index (Phi) is 8.80. The van der Waals surface area contributed by atoms with Crippen LogP contribution in [-0.4, -0.2) is 47.2 Å². The van der Waals surface area contributed by atoms with Gasteiger partial charge in [0.25, 0.3) is 5.91 Å². The van der Waals surface area contributed by atoms with Gasteiger partial charge in [-0.1, -0.05) is 0 Å². The molecule has 5 rings (SSSR count). The van der Waals surface area contributed by atoms with Crippen molar-refractivity contribution in [2.24, 2.45) is 11.7 Å². The number of nitrogens with zero attached hydrogens (tertiary/aromatic N) is 2. The molecule has 13 heteroatoms. The van der Waals surface area contributed by atoms with Crippen LogP contribution in [0.15, 0.2) is 47.1 Å². The topological polar surface area (TPSA) is 137 Å².